The average Bonchev–Trinajstić information content (AvgIpc) is 2.87. The summed E-state index contributed by atoms with van der Waals surface area (Å²) in [6.45, 7) is 8.35. The van der Waals surface area contributed by atoms with Gasteiger partial charge in [-0.25, -0.2) is 13.4 Å². The Hall–Kier alpha value is -2.98. The third-order valence-corrected chi connectivity index (χ3v) is 6.49. The summed E-state index contributed by atoms with van der Waals surface area (Å²) in [6, 6.07) is 12.9. The number of halogens is 3. The van der Waals surface area contributed by atoms with E-state index in [0.717, 1.165) is 65.4 Å². The number of rotatable bonds is 9. The zero-order chi connectivity index (χ0) is 25.2. The van der Waals surface area contributed by atoms with Crippen molar-refractivity contribution in [1.82, 2.24) is 0 Å². The Morgan fingerprint density at radius 3 is 2.09 bits per heavy atom. The largest absolute Gasteiger partial charge is 0.493 e. The van der Waals surface area contributed by atoms with Crippen molar-refractivity contribution in [3.8, 4) is 0 Å². The molecule has 0 fully saturated rings. The summed E-state index contributed by atoms with van der Waals surface area (Å²) < 4.78 is 34.9. The second-order valence-electron chi connectivity index (χ2n) is 8.25. The molecule has 1 aliphatic rings. The molecule has 2 nitrogen and oxygen atoms in total. The molecule has 0 aromatic heterocycles. The third kappa shape index (κ3) is 7.25. The van der Waals surface area contributed by atoms with E-state index in [1.165, 1.54) is 24.3 Å². The molecule has 0 saturated heterocycles. The minimum Gasteiger partial charge on any atom is -0.493 e. The van der Waals surface area contributed by atoms with Gasteiger partial charge in [0.25, 0.3) is 0 Å². The normalized spacial score (nSPS) is 15.7. The van der Waals surface area contributed by atoms with Crippen LogP contribution in [-0.4, -0.2) is 30.0 Å². The molecule has 0 radical (unpaired) electrons. The van der Waals surface area contributed by atoms with Crippen molar-refractivity contribution < 1.29 is 18.1 Å². The van der Waals surface area contributed by atoms with Crippen LogP contribution in [0.3, 0.4) is 0 Å². The fraction of sp³-hybridized carbons (Fsp3) is 0.300. The van der Waals surface area contributed by atoms with E-state index in [9.17, 15) is 8.78 Å². The van der Waals surface area contributed by atoms with Gasteiger partial charge in [0.05, 0.1) is 6.61 Å². The third-order valence-electron chi connectivity index (χ3n) is 6.01. The van der Waals surface area contributed by atoms with E-state index < -0.39 is 0 Å². The number of allylic oxidation sites excluding steroid dienone is 7. The molecule has 0 N–H and O–H groups in total. The minimum absolute atomic E-state index is 0.246. The van der Waals surface area contributed by atoms with Gasteiger partial charge < -0.3 is 4.74 Å². The number of benzene rings is 2. The molecular formula is C30H33ClF2NO+. The first kappa shape index (κ1) is 26.6. The predicted molar refractivity (Wildman–Crippen MR) is 142 cm³/mol. The number of hydrogen-bond acceptors (Lipinski definition) is 1. The molecule has 3 rings (SSSR count). The molecule has 0 spiro atoms. The van der Waals surface area contributed by atoms with Crippen LogP contribution in [0.25, 0.3) is 5.76 Å². The molecular weight excluding hydrogens is 464 g/mol. The maximum Gasteiger partial charge on any atom is 0.207 e. The maximum atomic E-state index is 13.5. The highest BCUT2D eigenvalue weighted by Gasteiger charge is 2.16. The van der Waals surface area contributed by atoms with Crippen LogP contribution in [0.2, 0.25) is 0 Å². The Bertz CT molecular complexity index is 1150. The zero-order valence-corrected chi connectivity index (χ0v) is 21.4. The molecule has 35 heavy (non-hydrogen) atoms. The van der Waals surface area contributed by atoms with Gasteiger partial charge in [-0.1, -0.05) is 23.8 Å². The van der Waals surface area contributed by atoms with Crippen molar-refractivity contribution in [3.63, 3.8) is 0 Å². The van der Waals surface area contributed by atoms with Crippen molar-refractivity contribution in [2.24, 2.45) is 0 Å². The standard InChI is InChI=1S/C30H33ClF2NO/c1-4-34(5-2)28(22-10-16-26(32)17-11-22)20-14-24-8-7-9-25(30(24)31)15-21-29(35-6-3)23-12-18-27(33)19-13-23/h10-21H,4-9H2,1-3H3/q+1/b20-14+,25-15-,29-21-. The van der Waals surface area contributed by atoms with Gasteiger partial charge in [-0.05, 0) is 106 Å². The van der Waals surface area contributed by atoms with Crippen LogP contribution in [0.5, 0.6) is 0 Å². The van der Waals surface area contributed by atoms with Crippen LogP contribution in [0.4, 0.5) is 8.78 Å². The molecule has 0 aliphatic heterocycles. The highest BCUT2D eigenvalue weighted by Crippen LogP contribution is 2.33. The number of hydrogen-bond donors (Lipinski definition) is 0. The molecule has 0 saturated carbocycles. The summed E-state index contributed by atoms with van der Waals surface area (Å²) in [5.41, 5.74) is 4.95. The monoisotopic (exact) mass is 496 g/mol. The first-order valence-electron chi connectivity index (χ1n) is 12.2. The van der Waals surface area contributed by atoms with Gasteiger partial charge in [-0.15, -0.1) is 0 Å². The van der Waals surface area contributed by atoms with E-state index >= 15 is 0 Å². The lowest BCUT2D eigenvalue weighted by Crippen LogP contribution is -2.20. The smallest absolute Gasteiger partial charge is 0.207 e. The van der Waals surface area contributed by atoms with Gasteiger partial charge in [0.1, 0.15) is 30.5 Å². The summed E-state index contributed by atoms with van der Waals surface area (Å²) >= 11 is 6.84. The van der Waals surface area contributed by atoms with E-state index in [0.29, 0.717) is 12.4 Å². The van der Waals surface area contributed by atoms with Gasteiger partial charge in [0.15, 0.2) is 0 Å². The van der Waals surface area contributed by atoms with Gasteiger partial charge in [0, 0.05) is 22.2 Å². The van der Waals surface area contributed by atoms with E-state index in [2.05, 4.69) is 30.6 Å². The van der Waals surface area contributed by atoms with Gasteiger partial charge in [-0.2, -0.15) is 0 Å². The summed E-state index contributed by atoms with van der Waals surface area (Å²) in [5.74, 6) is 0.157. The molecule has 0 heterocycles. The van der Waals surface area contributed by atoms with Crippen molar-refractivity contribution in [3.05, 3.63) is 112 Å². The van der Waals surface area contributed by atoms with Crippen molar-refractivity contribution in [1.29, 1.82) is 0 Å². The van der Waals surface area contributed by atoms with Gasteiger partial charge in [-0.3, -0.25) is 0 Å². The van der Waals surface area contributed by atoms with E-state index in [1.54, 1.807) is 12.1 Å². The Balaban J connectivity index is 1.94. The highest BCUT2D eigenvalue weighted by atomic mass is 35.5. The van der Waals surface area contributed by atoms with Crippen LogP contribution in [0.15, 0.2) is 89.0 Å². The van der Waals surface area contributed by atoms with Crippen LogP contribution in [0, 0.1) is 11.6 Å². The Morgan fingerprint density at radius 1 is 0.914 bits per heavy atom. The Morgan fingerprint density at radius 2 is 1.51 bits per heavy atom. The number of ether oxygens (including phenoxy) is 1. The lowest BCUT2D eigenvalue weighted by atomic mass is 9.93. The predicted octanol–water partition coefficient (Wildman–Crippen LogP) is 8.04. The molecule has 0 bridgehead atoms. The second kappa shape index (κ2) is 13.2. The topological polar surface area (TPSA) is 12.2 Å². The molecule has 2 aromatic rings. The fourth-order valence-electron chi connectivity index (χ4n) is 4.13. The molecule has 0 atom stereocenters. The van der Waals surface area contributed by atoms with E-state index in [1.807, 2.05) is 31.2 Å². The SMILES string of the molecule is CCO/C(=C\C=C1\CCCC(/C=C/C(c2ccc(F)cc2)=[N+](CC)CC)=C1Cl)c1ccc(F)cc1. The molecule has 1 aliphatic carbocycles. The van der Waals surface area contributed by atoms with Crippen molar-refractivity contribution >= 4 is 23.1 Å². The fourth-order valence-corrected chi connectivity index (χ4v) is 4.45. The van der Waals surface area contributed by atoms with Crippen LogP contribution in [0.1, 0.15) is 51.2 Å². The second-order valence-corrected chi connectivity index (χ2v) is 8.63. The summed E-state index contributed by atoms with van der Waals surface area (Å²) in [7, 11) is 0. The summed E-state index contributed by atoms with van der Waals surface area (Å²) in [5, 5.41) is 0.747. The lowest BCUT2D eigenvalue weighted by Gasteiger charge is -2.17. The first-order chi connectivity index (χ1) is 17.0. The molecule has 5 heteroatoms. The van der Waals surface area contributed by atoms with E-state index in [4.69, 9.17) is 16.3 Å². The van der Waals surface area contributed by atoms with Crippen molar-refractivity contribution in [2.45, 2.75) is 40.0 Å². The van der Waals surface area contributed by atoms with Crippen LogP contribution in [-0.2, 0) is 4.74 Å². The Labute approximate surface area is 212 Å². The minimum atomic E-state index is -0.279. The summed E-state index contributed by atoms with van der Waals surface area (Å²) in [6.07, 6.45) is 10.8. The molecule has 0 amide bonds. The zero-order valence-electron chi connectivity index (χ0n) is 20.7. The molecule has 2 aromatic carbocycles. The molecule has 0 unspecified atom stereocenters. The maximum absolute atomic E-state index is 13.5. The van der Waals surface area contributed by atoms with Crippen LogP contribution < -0.4 is 0 Å². The number of nitrogens with zero attached hydrogens (tertiary/aromatic N) is 1. The van der Waals surface area contributed by atoms with Crippen molar-refractivity contribution in [2.75, 3.05) is 19.7 Å². The highest BCUT2D eigenvalue weighted by molar-refractivity contribution is 6.32. The first-order valence-corrected chi connectivity index (χ1v) is 12.6. The molecule has 184 valence electrons. The quantitative estimate of drug-likeness (QED) is 0.194. The van der Waals surface area contributed by atoms with E-state index in [-0.39, 0.29) is 11.6 Å². The average molecular weight is 497 g/mol. The summed E-state index contributed by atoms with van der Waals surface area (Å²) in [4.78, 5) is 0. The Kier molecular flexibility index (Phi) is 10.0. The lowest BCUT2D eigenvalue weighted by molar-refractivity contribution is -0.519. The van der Waals surface area contributed by atoms with Gasteiger partial charge in [0.2, 0.25) is 5.71 Å². The van der Waals surface area contributed by atoms with Gasteiger partial charge >= 0.3 is 0 Å². The van der Waals surface area contributed by atoms with Crippen LogP contribution >= 0.6 is 11.6 Å².